The Morgan fingerprint density at radius 1 is 1.21 bits per heavy atom. The van der Waals surface area contributed by atoms with Gasteiger partial charge in [-0.3, -0.25) is 0 Å². The monoisotopic (exact) mass is 275 g/mol. The quantitative estimate of drug-likeness (QED) is 0.904. The largest absolute Gasteiger partial charge is 0.353 e. The van der Waals surface area contributed by atoms with Crippen LogP contribution in [0.3, 0.4) is 0 Å². The van der Waals surface area contributed by atoms with Gasteiger partial charge < -0.3 is 5.32 Å². The van der Waals surface area contributed by atoms with Gasteiger partial charge in [0.2, 0.25) is 5.13 Å². The van der Waals surface area contributed by atoms with Gasteiger partial charge in [-0.05, 0) is 24.8 Å². The van der Waals surface area contributed by atoms with E-state index in [1.165, 1.54) is 22.7 Å². The summed E-state index contributed by atoms with van der Waals surface area (Å²) in [4.78, 5) is 4.41. The van der Waals surface area contributed by atoms with E-state index >= 15 is 0 Å². The molecule has 2 rings (SSSR count). The summed E-state index contributed by atoms with van der Waals surface area (Å²) in [7, 11) is 0. The average Bonchev–Trinajstić information content (AvgIpc) is 2.70. The molecule has 0 aliphatic rings. The summed E-state index contributed by atoms with van der Waals surface area (Å²) in [6.45, 7) is 10.8. The molecule has 0 saturated carbocycles. The number of nitrogens with one attached hydrogen (secondary N) is 1. The Morgan fingerprint density at radius 3 is 2.47 bits per heavy atom. The molecule has 2 aromatic rings. The molecule has 4 heteroatoms. The van der Waals surface area contributed by atoms with Crippen molar-refractivity contribution in [1.82, 2.24) is 9.36 Å². The SMILES string of the molecule is Cc1cccc(C(Nc2nc(C)ns2)C(C)(C)C)c1. The van der Waals surface area contributed by atoms with Crippen LogP contribution in [0.4, 0.5) is 5.13 Å². The van der Waals surface area contributed by atoms with Gasteiger partial charge in [0.05, 0.1) is 6.04 Å². The third kappa shape index (κ3) is 3.53. The van der Waals surface area contributed by atoms with Gasteiger partial charge in [0.15, 0.2) is 0 Å². The van der Waals surface area contributed by atoms with E-state index in [9.17, 15) is 0 Å². The Bertz CT molecular complexity index is 555. The number of hydrogen-bond donors (Lipinski definition) is 1. The zero-order valence-corrected chi connectivity index (χ0v) is 13.0. The van der Waals surface area contributed by atoms with Crippen molar-refractivity contribution in [3.8, 4) is 0 Å². The summed E-state index contributed by atoms with van der Waals surface area (Å²) < 4.78 is 4.23. The molecule has 1 unspecified atom stereocenters. The number of hydrogen-bond acceptors (Lipinski definition) is 4. The first-order valence-corrected chi connectivity index (χ1v) is 7.27. The Morgan fingerprint density at radius 2 is 1.95 bits per heavy atom. The van der Waals surface area contributed by atoms with E-state index in [1.54, 1.807) is 0 Å². The zero-order chi connectivity index (χ0) is 14.0. The maximum Gasteiger partial charge on any atom is 0.203 e. The van der Waals surface area contributed by atoms with Gasteiger partial charge in [-0.25, -0.2) is 4.98 Å². The number of aryl methyl sites for hydroxylation is 2. The van der Waals surface area contributed by atoms with E-state index in [0.717, 1.165) is 11.0 Å². The normalized spacial score (nSPS) is 13.3. The van der Waals surface area contributed by atoms with Gasteiger partial charge in [0.1, 0.15) is 5.82 Å². The molecule has 1 N–H and O–H groups in total. The highest BCUT2D eigenvalue weighted by atomic mass is 32.1. The van der Waals surface area contributed by atoms with Gasteiger partial charge in [-0.15, -0.1) is 0 Å². The van der Waals surface area contributed by atoms with Crippen LogP contribution in [-0.4, -0.2) is 9.36 Å². The first-order chi connectivity index (χ1) is 8.86. The Labute approximate surface area is 119 Å². The summed E-state index contributed by atoms with van der Waals surface area (Å²) in [6, 6.07) is 8.86. The van der Waals surface area contributed by atoms with Gasteiger partial charge >= 0.3 is 0 Å². The second-order valence-electron chi connectivity index (χ2n) is 6.00. The van der Waals surface area contributed by atoms with E-state index < -0.39 is 0 Å². The molecule has 1 heterocycles. The second-order valence-corrected chi connectivity index (χ2v) is 6.76. The molecule has 1 atom stereocenters. The predicted molar refractivity (Wildman–Crippen MR) is 81.6 cm³/mol. The third-order valence-corrected chi connectivity index (χ3v) is 3.77. The van der Waals surface area contributed by atoms with Crippen LogP contribution >= 0.6 is 11.5 Å². The molecule has 19 heavy (non-hydrogen) atoms. The maximum atomic E-state index is 4.41. The first kappa shape index (κ1) is 14.0. The summed E-state index contributed by atoms with van der Waals surface area (Å²) in [5.74, 6) is 0.824. The van der Waals surface area contributed by atoms with E-state index in [1.807, 2.05) is 6.92 Å². The summed E-state index contributed by atoms with van der Waals surface area (Å²) >= 11 is 1.42. The van der Waals surface area contributed by atoms with Crippen LogP contribution in [0.2, 0.25) is 0 Å². The smallest absolute Gasteiger partial charge is 0.203 e. The van der Waals surface area contributed by atoms with Crippen LogP contribution in [0.15, 0.2) is 24.3 Å². The lowest BCUT2D eigenvalue weighted by Crippen LogP contribution is -2.25. The molecule has 0 amide bonds. The molecule has 0 bridgehead atoms. The highest BCUT2D eigenvalue weighted by Gasteiger charge is 2.27. The van der Waals surface area contributed by atoms with Crippen LogP contribution < -0.4 is 5.32 Å². The molecule has 0 spiro atoms. The number of nitrogens with zero attached hydrogens (tertiary/aromatic N) is 2. The van der Waals surface area contributed by atoms with Crippen molar-refractivity contribution in [2.45, 2.75) is 40.7 Å². The molecular weight excluding hydrogens is 254 g/mol. The molecule has 0 radical (unpaired) electrons. The highest BCUT2D eigenvalue weighted by Crippen LogP contribution is 2.36. The van der Waals surface area contributed by atoms with Crippen LogP contribution in [0.25, 0.3) is 0 Å². The van der Waals surface area contributed by atoms with Crippen LogP contribution in [0.5, 0.6) is 0 Å². The maximum absolute atomic E-state index is 4.41. The summed E-state index contributed by atoms with van der Waals surface area (Å²) in [6.07, 6.45) is 0. The summed E-state index contributed by atoms with van der Waals surface area (Å²) in [5.41, 5.74) is 2.68. The molecule has 0 fully saturated rings. The van der Waals surface area contributed by atoms with E-state index in [-0.39, 0.29) is 11.5 Å². The van der Waals surface area contributed by atoms with Crippen molar-refractivity contribution >= 4 is 16.7 Å². The average molecular weight is 275 g/mol. The van der Waals surface area contributed by atoms with Gasteiger partial charge in [0.25, 0.3) is 0 Å². The van der Waals surface area contributed by atoms with Gasteiger partial charge in [-0.1, -0.05) is 50.6 Å². The van der Waals surface area contributed by atoms with Crippen molar-refractivity contribution in [2.75, 3.05) is 5.32 Å². The minimum Gasteiger partial charge on any atom is -0.353 e. The lowest BCUT2D eigenvalue weighted by molar-refractivity contribution is 0.347. The molecule has 1 aromatic carbocycles. The molecule has 0 aliphatic carbocycles. The molecule has 3 nitrogen and oxygen atoms in total. The van der Waals surface area contributed by atoms with Crippen LogP contribution in [0.1, 0.15) is 43.8 Å². The Hall–Kier alpha value is -1.42. The molecule has 0 aliphatic heterocycles. The van der Waals surface area contributed by atoms with E-state index in [0.29, 0.717) is 0 Å². The topological polar surface area (TPSA) is 37.8 Å². The van der Waals surface area contributed by atoms with Crippen molar-refractivity contribution in [3.05, 3.63) is 41.2 Å². The van der Waals surface area contributed by atoms with E-state index in [2.05, 4.69) is 66.6 Å². The van der Waals surface area contributed by atoms with Crippen LogP contribution in [0, 0.1) is 19.3 Å². The van der Waals surface area contributed by atoms with Crippen LogP contribution in [-0.2, 0) is 0 Å². The minimum atomic E-state index is 0.105. The molecule has 102 valence electrons. The van der Waals surface area contributed by atoms with Crippen molar-refractivity contribution < 1.29 is 0 Å². The Kier molecular flexibility index (Phi) is 3.90. The number of anilines is 1. The highest BCUT2D eigenvalue weighted by molar-refractivity contribution is 7.09. The summed E-state index contributed by atoms with van der Waals surface area (Å²) in [5, 5.41) is 4.42. The van der Waals surface area contributed by atoms with E-state index in [4.69, 9.17) is 0 Å². The molecular formula is C15H21N3S. The van der Waals surface area contributed by atoms with Gasteiger partial charge in [0, 0.05) is 11.5 Å². The van der Waals surface area contributed by atoms with Gasteiger partial charge in [-0.2, -0.15) is 4.37 Å². The lowest BCUT2D eigenvalue weighted by Gasteiger charge is -2.32. The molecule has 1 aromatic heterocycles. The zero-order valence-electron chi connectivity index (χ0n) is 12.2. The fourth-order valence-corrected chi connectivity index (χ4v) is 2.73. The second kappa shape index (κ2) is 5.29. The fourth-order valence-electron chi connectivity index (χ4n) is 2.13. The Balaban J connectivity index is 2.31. The van der Waals surface area contributed by atoms with Crippen molar-refractivity contribution in [1.29, 1.82) is 0 Å². The molecule has 0 saturated heterocycles. The van der Waals surface area contributed by atoms with Crippen molar-refractivity contribution in [2.24, 2.45) is 5.41 Å². The third-order valence-electron chi connectivity index (χ3n) is 3.04. The van der Waals surface area contributed by atoms with Crippen molar-refractivity contribution in [3.63, 3.8) is 0 Å². The number of aromatic nitrogens is 2. The fraction of sp³-hybridized carbons (Fsp3) is 0.467. The first-order valence-electron chi connectivity index (χ1n) is 6.49. The minimum absolute atomic E-state index is 0.105. The number of rotatable bonds is 3. The lowest BCUT2D eigenvalue weighted by atomic mass is 9.82. The standard InChI is InChI=1S/C15H21N3S/c1-10-7-6-8-12(9-10)13(15(3,4)5)17-14-16-11(2)18-19-14/h6-9,13H,1-5H3,(H,16,17,18). The predicted octanol–water partition coefficient (Wildman–Crippen LogP) is 4.35. The number of benzene rings is 1.